The van der Waals surface area contributed by atoms with Gasteiger partial charge in [-0.05, 0) is 5.56 Å². The minimum absolute atomic E-state index is 0.151. The van der Waals surface area contributed by atoms with E-state index >= 15 is 0 Å². The number of rotatable bonds is 7. The number of anilines is 1. The van der Waals surface area contributed by atoms with E-state index in [0.717, 1.165) is 10.1 Å². The van der Waals surface area contributed by atoms with Crippen molar-refractivity contribution >= 4 is 45.9 Å². The Balaban J connectivity index is 1.46. The standard InChI is InChI=1S/C13H12N6OS3/c20-10(7-21-11-14-8-15-17-11)16-12-18-19-13(23-12)22-6-9-4-2-1-3-5-9/h1-5,8H,6-7H2,(H,14,15,17)(H,16,18,20). The summed E-state index contributed by atoms with van der Waals surface area (Å²) in [5, 5.41) is 18.3. The van der Waals surface area contributed by atoms with Gasteiger partial charge in [0.1, 0.15) is 6.33 Å². The van der Waals surface area contributed by atoms with Crippen LogP contribution in [0.4, 0.5) is 5.13 Å². The molecule has 118 valence electrons. The van der Waals surface area contributed by atoms with Crippen LogP contribution >= 0.6 is 34.9 Å². The number of carbonyl (C=O) groups is 1. The normalized spacial score (nSPS) is 10.6. The maximum absolute atomic E-state index is 11.8. The molecule has 23 heavy (non-hydrogen) atoms. The van der Waals surface area contributed by atoms with Gasteiger partial charge in [-0.15, -0.1) is 10.2 Å². The number of carbonyl (C=O) groups excluding carboxylic acids is 1. The zero-order valence-electron chi connectivity index (χ0n) is 11.8. The minimum atomic E-state index is -0.151. The molecule has 0 atom stereocenters. The lowest BCUT2D eigenvalue weighted by Crippen LogP contribution is -2.13. The zero-order valence-corrected chi connectivity index (χ0v) is 14.2. The van der Waals surface area contributed by atoms with Crippen LogP contribution in [-0.4, -0.2) is 37.0 Å². The first-order valence-electron chi connectivity index (χ1n) is 6.58. The second kappa shape index (κ2) is 8.09. The molecule has 0 unspecified atom stereocenters. The molecule has 0 spiro atoms. The fourth-order valence-corrected chi connectivity index (χ4v) is 3.89. The quantitative estimate of drug-likeness (QED) is 0.491. The maximum Gasteiger partial charge on any atom is 0.236 e. The van der Waals surface area contributed by atoms with Gasteiger partial charge in [0.25, 0.3) is 0 Å². The summed E-state index contributed by atoms with van der Waals surface area (Å²) in [6.45, 7) is 0. The Morgan fingerprint density at radius 3 is 2.87 bits per heavy atom. The van der Waals surface area contributed by atoms with Crippen molar-refractivity contribution in [3.8, 4) is 0 Å². The van der Waals surface area contributed by atoms with Gasteiger partial charge in [0.05, 0.1) is 5.75 Å². The lowest BCUT2D eigenvalue weighted by molar-refractivity contribution is -0.113. The molecule has 7 nitrogen and oxygen atoms in total. The molecule has 1 amide bonds. The molecule has 3 aromatic rings. The maximum atomic E-state index is 11.8. The van der Waals surface area contributed by atoms with Crippen LogP contribution in [-0.2, 0) is 10.5 Å². The Morgan fingerprint density at radius 1 is 1.22 bits per heavy atom. The summed E-state index contributed by atoms with van der Waals surface area (Å²) in [7, 11) is 0. The average Bonchev–Trinajstić information content (AvgIpc) is 3.24. The lowest BCUT2D eigenvalue weighted by atomic mass is 10.2. The number of aromatic amines is 1. The third-order valence-corrected chi connectivity index (χ3v) is 5.51. The van der Waals surface area contributed by atoms with Gasteiger partial charge in [-0.2, -0.15) is 5.10 Å². The van der Waals surface area contributed by atoms with Crippen LogP contribution in [0.3, 0.4) is 0 Å². The number of nitrogens with zero attached hydrogens (tertiary/aromatic N) is 4. The second-order valence-corrected chi connectivity index (χ2v) is 7.44. The van der Waals surface area contributed by atoms with E-state index in [9.17, 15) is 4.79 Å². The fraction of sp³-hybridized carbons (Fsp3) is 0.154. The first-order chi connectivity index (χ1) is 11.3. The predicted octanol–water partition coefficient (Wildman–Crippen LogP) is 2.68. The molecule has 10 heteroatoms. The van der Waals surface area contributed by atoms with Gasteiger partial charge in [-0.3, -0.25) is 15.2 Å². The van der Waals surface area contributed by atoms with Gasteiger partial charge in [0.2, 0.25) is 11.0 Å². The van der Waals surface area contributed by atoms with E-state index in [1.54, 1.807) is 11.8 Å². The zero-order chi connectivity index (χ0) is 15.9. The molecule has 0 bridgehead atoms. The van der Waals surface area contributed by atoms with E-state index in [0.29, 0.717) is 10.3 Å². The van der Waals surface area contributed by atoms with Gasteiger partial charge in [0, 0.05) is 5.75 Å². The van der Waals surface area contributed by atoms with E-state index in [4.69, 9.17) is 0 Å². The Kier molecular flexibility index (Phi) is 5.61. The van der Waals surface area contributed by atoms with Crippen molar-refractivity contribution in [1.29, 1.82) is 0 Å². The summed E-state index contributed by atoms with van der Waals surface area (Å²) < 4.78 is 0.826. The van der Waals surface area contributed by atoms with Crippen LogP contribution in [0.5, 0.6) is 0 Å². The summed E-state index contributed by atoms with van der Waals surface area (Å²) in [5.41, 5.74) is 1.22. The van der Waals surface area contributed by atoms with Crippen molar-refractivity contribution in [3.63, 3.8) is 0 Å². The number of hydrogen-bond acceptors (Lipinski definition) is 8. The Hall–Kier alpha value is -1.91. The summed E-state index contributed by atoms with van der Waals surface area (Å²) in [6.07, 6.45) is 1.40. The lowest BCUT2D eigenvalue weighted by Gasteiger charge is -1.98. The molecule has 1 aromatic carbocycles. The van der Waals surface area contributed by atoms with E-state index in [1.165, 1.54) is 35.0 Å². The van der Waals surface area contributed by atoms with Gasteiger partial charge >= 0.3 is 0 Å². The highest BCUT2D eigenvalue weighted by atomic mass is 32.2. The highest BCUT2D eigenvalue weighted by Gasteiger charge is 2.10. The molecular weight excluding hydrogens is 352 g/mol. The first-order valence-corrected chi connectivity index (χ1v) is 9.36. The molecular formula is C13H12N6OS3. The molecule has 0 saturated heterocycles. The van der Waals surface area contributed by atoms with Gasteiger partial charge < -0.3 is 0 Å². The molecule has 2 heterocycles. The number of nitrogens with one attached hydrogen (secondary N) is 2. The Morgan fingerprint density at radius 2 is 2.09 bits per heavy atom. The number of aromatic nitrogens is 5. The summed E-state index contributed by atoms with van der Waals surface area (Å²) in [4.78, 5) is 15.8. The topological polar surface area (TPSA) is 96.5 Å². The third kappa shape index (κ3) is 5.05. The van der Waals surface area contributed by atoms with Crippen molar-refractivity contribution in [1.82, 2.24) is 25.4 Å². The molecule has 0 aliphatic heterocycles. The molecule has 0 saturated carbocycles. The van der Waals surface area contributed by atoms with Crippen molar-refractivity contribution in [2.24, 2.45) is 0 Å². The first kappa shape index (κ1) is 16.0. The van der Waals surface area contributed by atoms with E-state index in [1.807, 2.05) is 18.2 Å². The smallest absolute Gasteiger partial charge is 0.236 e. The van der Waals surface area contributed by atoms with Crippen molar-refractivity contribution in [2.75, 3.05) is 11.1 Å². The predicted molar refractivity (Wildman–Crippen MR) is 91.6 cm³/mol. The van der Waals surface area contributed by atoms with Crippen molar-refractivity contribution in [3.05, 3.63) is 42.2 Å². The second-order valence-electron chi connectivity index (χ2n) is 4.27. The van der Waals surface area contributed by atoms with Crippen LogP contribution in [0.25, 0.3) is 0 Å². The molecule has 2 N–H and O–H groups in total. The van der Waals surface area contributed by atoms with E-state index < -0.39 is 0 Å². The molecule has 3 rings (SSSR count). The summed E-state index contributed by atoms with van der Waals surface area (Å²) in [5.74, 6) is 0.911. The highest BCUT2D eigenvalue weighted by Crippen LogP contribution is 2.28. The van der Waals surface area contributed by atoms with Crippen LogP contribution in [0.1, 0.15) is 5.56 Å². The Bertz CT molecular complexity index is 746. The minimum Gasteiger partial charge on any atom is -0.300 e. The number of amides is 1. The SMILES string of the molecule is O=C(CSc1ncn[nH]1)Nc1nnc(SCc2ccccc2)s1. The number of benzene rings is 1. The summed E-state index contributed by atoms with van der Waals surface area (Å²) in [6, 6.07) is 10.1. The fourth-order valence-electron chi connectivity index (χ4n) is 1.59. The Labute approximate surface area is 144 Å². The van der Waals surface area contributed by atoms with Crippen LogP contribution < -0.4 is 5.32 Å². The highest BCUT2D eigenvalue weighted by molar-refractivity contribution is 8.00. The average molecular weight is 364 g/mol. The molecule has 2 aromatic heterocycles. The largest absolute Gasteiger partial charge is 0.300 e. The molecule has 0 aliphatic rings. The van der Waals surface area contributed by atoms with Crippen LogP contribution in [0.15, 0.2) is 46.2 Å². The van der Waals surface area contributed by atoms with Crippen LogP contribution in [0.2, 0.25) is 0 Å². The van der Waals surface area contributed by atoms with Crippen molar-refractivity contribution < 1.29 is 4.79 Å². The number of H-pyrrole nitrogens is 1. The summed E-state index contributed by atoms with van der Waals surface area (Å²) >= 11 is 4.24. The van der Waals surface area contributed by atoms with Gasteiger partial charge in [-0.1, -0.05) is 65.2 Å². The van der Waals surface area contributed by atoms with E-state index in [-0.39, 0.29) is 11.7 Å². The van der Waals surface area contributed by atoms with E-state index in [2.05, 4.69) is 42.8 Å². The van der Waals surface area contributed by atoms with Crippen molar-refractivity contribution in [2.45, 2.75) is 15.2 Å². The monoisotopic (exact) mass is 364 g/mol. The van der Waals surface area contributed by atoms with Crippen LogP contribution in [0, 0.1) is 0 Å². The number of hydrogen-bond donors (Lipinski definition) is 2. The van der Waals surface area contributed by atoms with Gasteiger partial charge in [0.15, 0.2) is 9.50 Å². The molecule has 0 fully saturated rings. The third-order valence-electron chi connectivity index (χ3n) is 2.59. The molecule has 0 aliphatic carbocycles. The molecule has 0 radical (unpaired) electrons. The van der Waals surface area contributed by atoms with Gasteiger partial charge in [-0.25, -0.2) is 4.98 Å². The number of thioether (sulfide) groups is 2.